The molecule has 2 atom stereocenters. The van der Waals surface area contributed by atoms with Crippen molar-refractivity contribution in [3.63, 3.8) is 0 Å². The third kappa shape index (κ3) is 4.68. The molecule has 29 heavy (non-hydrogen) atoms. The Hall–Kier alpha value is -2.65. The number of halogens is 5. The molecule has 0 radical (unpaired) electrons. The lowest BCUT2D eigenvalue weighted by molar-refractivity contribution is -0.360. The Morgan fingerprint density at radius 3 is 2.59 bits per heavy atom. The van der Waals surface area contributed by atoms with Crippen molar-refractivity contribution in [2.24, 2.45) is 10.9 Å². The molecular formula is C19H20F5N3O2. The van der Waals surface area contributed by atoms with Crippen LogP contribution in [0.3, 0.4) is 0 Å². The van der Waals surface area contributed by atoms with Crippen LogP contribution in [-0.4, -0.2) is 35.6 Å². The van der Waals surface area contributed by atoms with Crippen LogP contribution in [0, 0.1) is 5.92 Å². The van der Waals surface area contributed by atoms with Crippen molar-refractivity contribution < 1.29 is 31.5 Å². The number of alkyl halides is 5. The number of carbonyl (C=O) groups excluding carboxylic acids is 1. The third-order valence-corrected chi connectivity index (χ3v) is 4.77. The second kappa shape index (κ2) is 7.64. The number of aliphatic imine (C=N–C) groups is 1. The van der Waals surface area contributed by atoms with E-state index in [0.29, 0.717) is 5.56 Å². The van der Waals surface area contributed by atoms with Crippen molar-refractivity contribution in [3.8, 4) is 5.75 Å². The van der Waals surface area contributed by atoms with Crippen LogP contribution in [0.5, 0.6) is 5.75 Å². The molecule has 1 aliphatic carbocycles. The van der Waals surface area contributed by atoms with Gasteiger partial charge in [-0.2, -0.15) is 22.0 Å². The highest BCUT2D eigenvalue weighted by Crippen LogP contribution is 2.38. The summed E-state index contributed by atoms with van der Waals surface area (Å²) in [5, 5.41) is 2.83. The minimum atomic E-state index is -5.83. The van der Waals surface area contributed by atoms with Crippen LogP contribution in [0.2, 0.25) is 0 Å². The molecule has 158 valence electrons. The van der Waals surface area contributed by atoms with E-state index in [9.17, 15) is 26.7 Å². The topological polar surface area (TPSA) is 53.9 Å². The molecule has 2 aliphatic rings. The van der Waals surface area contributed by atoms with Gasteiger partial charge in [0.05, 0.1) is 6.04 Å². The summed E-state index contributed by atoms with van der Waals surface area (Å²) in [4.78, 5) is 18.2. The normalized spacial score (nSPS) is 20.9. The number of carbonyl (C=O) groups is 1. The molecule has 1 fully saturated rings. The van der Waals surface area contributed by atoms with Gasteiger partial charge in [0.2, 0.25) is 5.91 Å². The summed E-state index contributed by atoms with van der Waals surface area (Å²) in [6.45, 7) is 3.52. The Kier molecular flexibility index (Phi) is 5.55. The molecule has 10 heteroatoms. The van der Waals surface area contributed by atoms with E-state index in [1.165, 1.54) is 6.07 Å². The van der Waals surface area contributed by atoms with E-state index in [-0.39, 0.29) is 11.8 Å². The van der Waals surface area contributed by atoms with Crippen LogP contribution in [0.4, 0.5) is 22.0 Å². The number of hydrogen-bond acceptors (Lipinski definition) is 4. The van der Waals surface area contributed by atoms with Crippen molar-refractivity contribution in [3.05, 3.63) is 41.6 Å². The first kappa shape index (κ1) is 21.1. The fourth-order valence-electron chi connectivity index (χ4n) is 3.00. The number of hydrogen-bond donors (Lipinski definition) is 1. The van der Waals surface area contributed by atoms with Crippen LogP contribution in [0.15, 0.2) is 41.0 Å². The van der Waals surface area contributed by atoms with Crippen molar-refractivity contribution >= 4 is 12.1 Å². The predicted octanol–water partition coefficient (Wildman–Crippen LogP) is 4.38. The smallest absolute Gasteiger partial charge is 0.426 e. The minimum Gasteiger partial charge on any atom is -0.426 e. The molecule has 3 rings (SSSR count). The summed E-state index contributed by atoms with van der Waals surface area (Å²) >= 11 is 0. The standard InChI is InChI=1S/C19H20F5N3O2/c1-11-8-9-25-17(26-16(28)13-6-7-13)27(11)12(2)14-4-3-5-15(10-14)29-19(23,24)18(20,21)22/h3-5,8-10,12-13,17H,6-7H2,1-2H3,(H,26,28)/t12?,17-/m1/s1. The van der Waals surface area contributed by atoms with Crippen molar-refractivity contribution in [2.75, 3.05) is 0 Å². The molecule has 1 aromatic rings. The third-order valence-electron chi connectivity index (χ3n) is 4.77. The molecule has 1 unspecified atom stereocenters. The van der Waals surface area contributed by atoms with Crippen LogP contribution in [0.1, 0.15) is 38.3 Å². The van der Waals surface area contributed by atoms with Gasteiger partial charge in [0.25, 0.3) is 0 Å². The molecule has 1 saturated carbocycles. The monoisotopic (exact) mass is 417 g/mol. The van der Waals surface area contributed by atoms with Gasteiger partial charge in [-0.25, -0.2) is 4.99 Å². The Labute approximate surface area is 164 Å². The fourth-order valence-corrected chi connectivity index (χ4v) is 3.00. The van der Waals surface area contributed by atoms with Gasteiger partial charge in [-0.1, -0.05) is 12.1 Å². The number of benzene rings is 1. The quantitative estimate of drug-likeness (QED) is 0.699. The summed E-state index contributed by atoms with van der Waals surface area (Å²) in [6.07, 6.45) is -6.92. The zero-order chi connectivity index (χ0) is 21.4. The van der Waals surface area contributed by atoms with Crippen LogP contribution in [-0.2, 0) is 4.79 Å². The highest BCUT2D eigenvalue weighted by Gasteiger charge is 2.61. The Balaban J connectivity index is 1.80. The highest BCUT2D eigenvalue weighted by atomic mass is 19.4. The van der Waals surface area contributed by atoms with E-state index in [2.05, 4.69) is 15.0 Å². The molecule has 0 bridgehead atoms. The fraction of sp³-hybridized carbons (Fsp3) is 0.474. The van der Waals surface area contributed by atoms with Gasteiger partial charge >= 0.3 is 12.3 Å². The summed E-state index contributed by atoms with van der Waals surface area (Å²) in [6, 6.07) is 4.57. The summed E-state index contributed by atoms with van der Waals surface area (Å²) in [7, 11) is 0. The van der Waals surface area contributed by atoms with Crippen LogP contribution >= 0.6 is 0 Å². The number of rotatable bonds is 6. The van der Waals surface area contributed by atoms with Crippen LogP contribution in [0.25, 0.3) is 0 Å². The Bertz CT molecular complexity index is 833. The summed E-state index contributed by atoms with van der Waals surface area (Å²) in [5.41, 5.74) is 1.18. The first-order valence-electron chi connectivity index (χ1n) is 9.02. The molecule has 1 aromatic carbocycles. The lowest BCUT2D eigenvalue weighted by atomic mass is 10.1. The molecule has 1 amide bonds. The summed E-state index contributed by atoms with van der Waals surface area (Å²) < 4.78 is 67.6. The Morgan fingerprint density at radius 1 is 1.28 bits per heavy atom. The second-order valence-electron chi connectivity index (χ2n) is 7.04. The van der Waals surface area contributed by atoms with Crippen molar-refractivity contribution in [1.29, 1.82) is 0 Å². The van der Waals surface area contributed by atoms with E-state index < -0.39 is 30.4 Å². The molecular weight excluding hydrogens is 397 g/mol. The predicted molar refractivity (Wildman–Crippen MR) is 95.2 cm³/mol. The van der Waals surface area contributed by atoms with E-state index in [1.807, 2.05) is 0 Å². The van der Waals surface area contributed by atoms with E-state index in [4.69, 9.17) is 0 Å². The van der Waals surface area contributed by atoms with Gasteiger partial charge in [0, 0.05) is 17.8 Å². The molecule has 0 aromatic heterocycles. The Morgan fingerprint density at radius 2 is 1.97 bits per heavy atom. The maximum absolute atomic E-state index is 13.2. The molecule has 5 nitrogen and oxygen atoms in total. The first-order valence-corrected chi connectivity index (χ1v) is 9.02. The highest BCUT2D eigenvalue weighted by molar-refractivity contribution is 5.81. The minimum absolute atomic E-state index is 0.0325. The zero-order valence-electron chi connectivity index (χ0n) is 15.7. The van der Waals surface area contributed by atoms with Crippen molar-refractivity contribution in [2.45, 2.75) is 51.3 Å². The SMILES string of the molecule is CC1=CC=N[C@H](NC(=O)C2CC2)N1C(C)c1cccc(OC(F)(F)C(F)(F)F)c1. The average molecular weight is 417 g/mol. The molecule has 1 aliphatic heterocycles. The lowest BCUT2D eigenvalue weighted by Crippen LogP contribution is -2.48. The number of nitrogens with zero attached hydrogens (tertiary/aromatic N) is 2. The van der Waals surface area contributed by atoms with Gasteiger partial charge in [-0.3, -0.25) is 4.79 Å². The van der Waals surface area contributed by atoms with Gasteiger partial charge in [0.1, 0.15) is 5.75 Å². The molecule has 1 N–H and O–H groups in total. The summed E-state index contributed by atoms with van der Waals surface area (Å²) in [5.74, 6) is -0.770. The van der Waals surface area contributed by atoms with E-state index in [1.54, 1.807) is 37.1 Å². The van der Waals surface area contributed by atoms with Crippen molar-refractivity contribution in [1.82, 2.24) is 10.2 Å². The molecule has 0 spiro atoms. The van der Waals surface area contributed by atoms with E-state index >= 15 is 0 Å². The number of allylic oxidation sites excluding steroid dienone is 2. The maximum Gasteiger partial charge on any atom is 0.499 e. The van der Waals surface area contributed by atoms with E-state index in [0.717, 1.165) is 30.7 Å². The van der Waals surface area contributed by atoms with Gasteiger partial charge in [0.15, 0.2) is 6.29 Å². The lowest BCUT2D eigenvalue weighted by Gasteiger charge is -2.38. The number of nitrogens with one attached hydrogen (secondary N) is 1. The maximum atomic E-state index is 13.2. The number of ether oxygens (including phenoxy) is 1. The first-order chi connectivity index (χ1) is 13.5. The molecule has 1 heterocycles. The largest absolute Gasteiger partial charge is 0.499 e. The number of amides is 1. The second-order valence-corrected chi connectivity index (χ2v) is 7.04. The van der Waals surface area contributed by atoms with Gasteiger partial charge in [-0.15, -0.1) is 0 Å². The van der Waals surface area contributed by atoms with Crippen LogP contribution < -0.4 is 10.1 Å². The average Bonchev–Trinajstić information content (AvgIpc) is 3.45. The molecule has 0 saturated heterocycles. The van der Waals surface area contributed by atoms with Gasteiger partial charge < -0.3 is 15.0 Å². The van der Waals surface area contributed by atoms with Gasteiger partial charge in [-0.05, 0) is 50.5 Å². The zero-order valence-corrected chi connectivity index (χ0v) is 15.7.